The summed E-state index contributed by atoms with van der Waals surface area (Å²) in [4.78, 5) is 25.9. The van der Waals surface area contributed by atoms with E-state index in [9.17, 15) is 18.6 Å². The fourth-order valence-electron chi connectivity index (χ4n) is 2.38. The minimum Gasteiger partial charge on any atom is -0.387 e. The Hall–Kier alpha value is -1.10. The number of halogens is 1. The summed E-state index contributed by atoms with van der Waals surface area (Å²) in [6.45, 7) is 0.0193. The lowest BCUT2D eigenvalue weighted by atomic mass is 10.1. The molecule has 23 heavy (non-hydrogen) atoms. The highest BCUT2D eigenvalue weighted by Gasteiger charge is 2.52. The van der Waals surface area contributed by atoms with Crippen LogP contribution in [0.4, 0.5) is 9.18 Å². The van der Waals surface area contributed by atoms with Crippen molar-refractivity contribution < 1.29 is 37.2 Å². The highest BCUT2D eigenvalue weighted by Crippen LogP contribution is 2.47. The first-order valence-electron chi connectivity index (χ1n) is 6.78. The van der Waals surface area contributed by atoms with Crippen LogP contribution in [0.1, 0.15) is 6.42 Å². The number of carbonyl (C=O) groups is 1. The summed E-state index contributed by atoms with van der Waals surface area (Å²) in [7, 11) is -2.13. The van der Waals surface area contributed by atoms with Gasteiger partial charge in [-0.3, -0.25) is 13.9 Å². The van der Waals surface area contributed by atoms with Crippen LogP contribution >= 0.6 is 7.82 Å². The van der Waals surface area contributed by atoms with Gasteiger partial charge < -0.3 is 20.1 Å². The number of hydrogen-bond acceptors (Lipinski definition) is 7. The van der Waals surface area contributed by atoms with Gasteiger partial charge in [-0.2, -0.15) is 4.99 Å². The standard InChI is InChI=1S/C11H19FN3O7P/c1-19-5-6-9(22-23(17,18)20-2)8(12)10(21-6)15-4-3-7(13)14-11(15)16/h6,8-10H,3-5H2,1-2H3,(H,17,18)(H2,13,14,16)/t6-,8+,9?,10-/m1/s1. The molecule has 2 aliphatic rings. The van der Waals surface area contributed by atoms with Gasteiger partial charge in [-0.25, -0.2) is 13.8 Å². The fourth-order valence-corrected chi connectivity index (χ4v) is 3.02. The van der Waals surface area contributed by atoms with Crippen molar-refractivity contribution in [1.82, 2.24) is 4.90 Å². The Kier molecular flexibility index (Phi) is 5.71. The molecule has 2 heterocycles. The summed E-state index contributed by atoms with van der Waals surface area (Å²) < 4.78 is 45.7. The van der Waals surface area contributed by atoms with Crippen molar-refractivity contribution in [2.24, 2.45) is 10.7 Å². The van der Waals surface area contributed by atoms with Crippen molar-refractivity contribution >= 4 is 19.7 Å². The zero-order chi connectivity index (χ0) is 17.2. The molecule has 2 amide bonds. The molecule has 132 valence electrons. The topological polar surface area (TPSA) is 133 Å². The Bertz CT molecular complexity index is 534. The van der Waals surface area contributed by atoms with E-state index in [0.717, 1.165) is 12.0 Å². The van der Waals surface area contributed by atoms with Gasteiger partial charge in [0.15, 0.2) is 12.4 Å². The SMILES string of the molecule is COC[C@H]1O[C@@H](N2CCC(N)=NC2=O)[C@@H](F)C1OP(=O)(O)OC. The molecule has 3 N–H and O–H groups in total. The fraction of sp³-hybridized carbons (Fsp3) is 0.818. The molecule has 0 aromatic rings. The minimum absolute atomic E-state index is 0.0985. The summed E-state index contributed by atoms with van der Waals surface area (Å²) in [5.41, 5.74) is 5.46. The van der Waals surface area contributed by atoms with Crippen molar-refractivity contribution in [1.29, 1.82) is 0 Å². The lowest BCUT2D eigenvalue weighted by molar-refractivity contribution is -0.0748. The predicted octanol–water partition coefficient (Wildman–Crippen LogP) is 0.0107. The maximum Gasteiger partial charge on any atom is 0.472 e. The van der Waals surface area contributed by atoms with E-state index in [1.165, 1.54) is 7.11 Å². The number of amidine groups is 1. The van der Waals surface area contributed by atoms with E-state index in [2.05, 4.69) is 9.52 Å². The number of methoxy groups -OCH3 is 1. The number of phosphoric ester groups is 1. The molecule has 0 aromatic carbocycles. The maximum atomic E-state index is 14.7. The van der Waals surface area contributed by atoms with Gasteiger partial charge in [-0.05, 0) is 0 Å². The molecule has 0 saturated carbocycles. The summed E-state index contributed by atoms with van der Waals surface area (Å²) >= 11 is 0. The largest absolute Gasteiger partial charge is 0.472 e. The first-order chi connectivity index (χ1) is 10.8. The average Bonchev–Trinajstić information content (AvgIpc) is 2.77. The smallest absolute Gasteiger partial charge is 0.387 e. The minimum atomic E-state index is -4.44. The molecule has 2 aliphatic heterocycles. The Labute approximate surface area is 131 Å². The van der Waals surface area contributed by atoms with E-state index in [1.54, 1.807) is 0 Å². The monoisotopic (exact) mass is 355 g/mol. The summed E-state index contributed by atoms with van der Waals surface area (Å²) in [6, 6.07) is -0.739. The maximum absolute atomic E-state index is 14.7. The molecule has 2 unspecified atom stereocenters. The summed E-state index contributed by atoms with van der Waals surface area (Å²) in [5, 5.41) is 0. The number of phosphoric acid groups is 1. The third-order valence-electron chi connectivity index (χ3n) is 3.48. The van der Waals surface area contributed by atoms with Crippen LogP contribution in [-0.4, -0.2) is 73.6 Å². The average molecular weight is 355 g/mol. The molecular weight excluding hydrogens is 336 g/mol. The number of nitrogens with two attached hydrogens (primary N) is 1. The van der Waals surface area contributed by atoms with Gasteiger partial charge in [0, 0.05) is 27.2 Å². The van der Waals surface area contributed by atoms with Gasteiger partial charge in [-0.15, -0.1) is 0 Å². The van der Waals surface area contributed by atoms with Gasteiger partial charge in [0.05, 0.1) is 6.61 Å². The van der Waals surface area contributed by atoms with Gasteiger partial charge >= 0.3 is 13.9 Å². The molecule has 0 bridgehead atoms. The second-order valence-corrected chi connectivity index (χ2v) is 6.53. The molecule has 12 heteroatoms. The molecular formula is C11H19FN3O7P. The van der Waals surface area contributed by atoms with E-state index in [0.29, 0.717) is 0 Å². The van der Waals surface area contributed by atoms with Gasteiger partial charge in [-0.1, -0.05) is 0 Å². The molecule has 1 saturated heterocycles. The number of urea groups is 1. The van der Waals surface area contributed by atoms with Crippen LogP contribution < -0.4 is 5.73 Å². The number of carbonyl (C=O) groups excluding carboxylic acids is 1. The Morgan fingerprint density at radius 2 is 2.26 bits per heavy atom. The molecule has 0 radical (unpaired) electrons. The number of amides is 2. The predicted molar refractivity (Wildman–Crippen MR) is 75.5 cm³/mol. The second kappa shape index (κ2) is 7.20. The van der Waals surface area contributed by atoms with Crippen molar-refractivity contribution in [2.75, 3.05) is 27.4 Å². The number of rotatable bonds is 6. The Morgan fingerprint density at radius 3 is 2.83 bits per heavy atom. The number of nitrogens with zero attached hydrogens (tertiary/aromatic N) is 2. The van der Waals surface area contributed by atoms with Gasteiger partial charge in [0.25, 0.3) is 0 Å². The van der Waals surface area contributed by atoms with E-state index in [4.69, 9.17) is 19.7 Å². The van der Waals surface area contributed by atoms with E-state index in [-0.39, 0.29) is 25.4 Å². The van der Waals surface area contributed by atoms with Crippen LogP contribution in [0.2, 0.25) is 0 Å². The quantitative estimate of drug-likeness (QED) is 0.637. The zero-order valence-electron chi connectivity index (χ0n) is 12.6. The van der Waals surface area contributed by atoms with E-state index in [1.807, 2.05) is 0 Å². The molecule has 10 nitrogen and oxygen atoms in total. The van der Waals surface area contributed by atoms with E-state index < -0.39 is 38.5 Å². The van der Waals surface area contributed by atoms with Gasteiger partial charge in [0.2, 0.25) is 0 Å². The number of ether oxygens (including phenoxy) is 2. The van der Waals surface area contributed by atoms with Crippen LogP contribution in [-0.2, 0) is 23.1 Å². The van der Waals surface area contributed by atoms with E-state index >= 15 is 0 Å². The lowest BCUT2D eigenvalue weighted by Gasteiger charge is -2.30. The molecule has 2 rings (SSSR count). The third kappa shape index (κ3) is 4.06. The first-order valence-corrected chi connectivity index (χ1v) is 8.27. The number of aliphatic imine (C=N–C) groups is 1. The second-order valence-electron chi connectivity index (χ2n) is 5.02. The zero-order valence-corrected chi connectivity index (χ0v) is 13.5. The van der Waals surface area contributed by atoms with Crippen LogP contribution in [0.3, 0.4) is 0 Å². The Balaban J connectivity index is 2.17. The summed E-state index contributed by atoms with van der Waals surface area (Å²) in [6.07, 6.45) is -5.36. The van der Waals surface area contributed by atoms with Crippen LogP contribution in [0.25, 0.3) is 0 Å². The normalized spacial score (nSPS) is 34.3. The number of hydrogen-bond donors (Lipinski definition) is 2. The van der Waals surface area contributed by atoms with Crippen molar-refractivity contribution in [3.63, 3.8) is 0 Å². The van der Waals surface area contributed by atoms with Crippen molar-refractivity contribution in [2.45, 2.75) is 31.0 Å². The highest BCUT2D eigenvalue weighted by molar-refractivity contribution is 7.47. The lowest BCUT2D eigenvalue weighted by Crippen LogP contribution is -2.48. The molecule has 0 aliphatic carbocycles. The van der Waals surface area contributed by atoms with Crippen molar-refractivity contribution in [3.05, 3.63) is 0 Å². The van der Waals surface area contributed by atoms with Crippen LogP contribution in [0.15, 0.2) is 4.99 Å². The molecule has 1 fully saturated rings. The number of alkyl halides is 1. The molecule has 5 atom stereocenters. The van der Waals surface area contributed by atoms with Crippen molar-refractivity contribution in [3.8, 4) is 0 Å². The van der Waals surface area contributed by atoms with Gasteiger partial charge in [0.1, 0.15) is 18.0 Å². The Morgan fingerprint density at radius 1 is 1.57 bits per heavy atom. The van der Waals surface area contributed by atoms with Crippen LogP contribution in [0, 0.1) is 0 Å². The molecule has 0 spiro atoms. The molecule has 0 aromatic heterocycles. The summed E-state index contributed by atoms with van der Waals surface area (Å²) in [5.74, 6) is 0.153. The third-order valence-corrected chi connectivity index (χ3v) is 4.46. The highest BCUT2D eigenvalue weighted by atomic mass is 31.2. The van der Waals surface area contributed by atoms with Crippen LogP contribution in [0.5, 0.6) is 0 Å². The first kappa shape index (κ1) is 18.2.